The van der Waals surface area contributed by atoms with Crippen LogP contribution in [0.1, 0.15) is 20.0 Å². The van der Waals surface area contributed by atoms with Crippen LogP contribution in [0.5, 0.6) is 0 Å². The number of benzene rings is 3. The Morgan fingerprint density at radius 1 is 0.824 bits per heavy atom. The van der Waals surface area contributed by atoms with Gasteiger partial charge in [0.1, 0.15) is 5.82 Å². The zero-order valence-corrected chi connectivity index (χ0v) is 19.8. The lowest BCUT2D eigenvalue weighted by atomic mass is 10.1. The van der Waals surface area contributed by atoms with E-state index in [-0.39, 0.29) is 27.4 Å². The van der Waals surface area contributed by atoms with E-state index >= 15 is 0 Å². The number of nitrogens with zero attached hydrogens (tertiary/aromatic N) is 1. The van der Waals surface area contributed by atoms with Crippen molar-refractivity contribution in [2.45, 2.75) is 0 Å². The van der Waals surface area contributed by atoms with Crippen molar-refractivity contribution in [2.75, 3.05) is 10.6 Å². The number of H-pyrrole nitrogens is 1. The van der Waals surface area contributed by atoms with E-state index in [2.05, 4.69) is 20.6 Å². The molecule has 3 N–H and O–H groups in total. The molecular weight excluding hydrogens is 491 g/mol. The zero-order valence-electron chi connectivity index (χ0n) is 17.4. The second-order valence-corrected chi connectivity index (χ2v) is 9.14. The van der Waals surface area contributed by atoms with Crippen LogP contribution >= 0.6 is 34.5 Å². The SMILES string of the molecule is O=C(Nc1ccc2nc(-c3ccc(NC(=O)c4c(Cl)cccc4Cl)cc3)[nH]c2c1)c1cccs1. The van der Waals surface area contributed by atoms with Gasteiger partial charge in [0.05, 0.1) is 31.5 Å². The van der Waals surface area contributed by atoms with Crippen molar-refractivity contribution in [2.24, 2.45) is 0 Å². The molecule has 0 spiro atoms. The normalized spacial score (nSPS) is 10.9. The number of thiophene rings is 1. The number of aromatic amines is 1. The molecule has 0 aliphatic rings. The molecule has 2 amide bonds. The third-order valence-corrected chi connectivity index (χ3v) is 6.59. The molecule has 168 valence electrons. The number of fused-ring (bicyclic) bond motifs is 1. The van der Waals surface area contributed by atoms with Crippen LogP contribution in [-0.2, 0) is 0 Å². The molecule has 0 aliphatic carbocycles. The minimum Gasteiger partial charge on any atom is -0.338 e. The van der Waals surface area contributed by atoms with Crippen molar-refractivity contribution < 1.29 is 9.59 Å². The minimum atomic E-state index is -0.385. The molecule has 0 bridgehead atoms. The number of hydrogen-bond donors (Lipinski definition) is 3. The van der Waals surface area contributed by atoms with Crippen LogP contribution in [0, 0.1) is 0 Å². The maximum absolute atomic E-state index is 12.6. The molecule has 0 aliphatic heterocycles. The summed E-state index contributed by atoms with van der Waals surface area (Å²) < 4.78 is 0. The summed E-state index contributed by atoms with van der Waals surface area (Å²) in [6.07, 6.45) is 0. The first-order chi connectivity index (χ1) is 16.5. The maximum atomic E-state index is 12.6. The van der Waals surface area contributed by atoms with Crippen molar-refractivity contribution in [3.63, 3.8) is 0 Å². The second-order valence-electron chi connectivity index (χ2n) is 7.38. The van der Waals surface area contributed by atoms with Crippen LogP contribution in [0.4, 0.5) is 11.4 Å². The molecule has 2 heterocycles. The Morgan fingerprint density at radius 2 is 1.53 bits per heavy atom. The molecule has 0 saturated heterocycles. The highest BCUT2D eigenvalue weighted by Crippen LogP contribution is 2.27. The smallest absolute Gasteiger partial charge is 0.265 e. The molecule has 0 radical (unpaired) electrons. The van der Waals surface area contributed by atoms with Gasteiger partial charge in [0, 0.05) is 16.9 Å². The van der Waals surface area contributed by atoms with Crippen molar-refractivity contribution in [1.82, 2.24) is 9.97 Å². The lowest BCUT2D eigenvalue weighted by Gasteiger charge is -2.08. The Morgan fingerprint density at radius 3 is 2.24 bits per heavy atom. The Bertz CT molecular complexity index is 1490. The number of halogens is 2. The monoisotopic (exact) mass is 506 g/mol. The predicted molar refractivity (Wildman–Crippen MR) is 138 cm³/mol. The first-order valence-corrected chi connectivity index (χ1v) is 11.8. The highest BCUT2D eigenvalue weighted by Gasteiger charge is 2.15. The van der Waals surface area contributed by atoms with Gasteiger partial charge in [-0.25, -0.2) is 4.98 Å². The van der Waals surface area contributed by atoms with Gasteiger partial charge >= 0.3 is 0 Å². The zero-order chi connectivity index (χ0) is 23.7. The summed E-state index contributed by atoms with van der Waals surface area (Å²) in [6, 6.07) is 21.3. The summed E-state index contributed by atoms with van der Waals surface area (Å²) in [5.41, 5.74) is 3.92. The first-order valence-electron chi connectivity index (χ1n) is 10.2. The van der Waals surface area contributed by atoms with E-state index in [4.69, 9.17) is 23.2 Å². The van der Waals surface area contributed by atoms with Crippen molar-refractivity contribution in [1.29, 1.82) is 0 Å². The van der Waals surface area contributed by atoms with Crippen LogP contribution in [0.2, 0.25) is 10.0 Å². The number of anilines is 2. The molecule has 5 aromatic rings. The van der Waals surface area contributed by atoms with Crippen molar-refractivity contribution in [3.05, 3.63) is 98.7 Å². The van der Waals surface area contributed by atoms with E-state index < -0.39 is 0 Å². The fraction of sp³-hybridized carbons (Fsp3) is 0. The Hall–Kier alpha value is -3.65. The van der Waals surface area contributed by atoms with E-state index in [1.54, 1.807) is 36.4 Å². The molecule has 9 heteroatoms. The average molecular weight is 507 g/mol. The number of amides is 2. The van der Waals surface area contributed by atoms with Crippen LogP contribution in [0.3, 0.4) is 0 Å². The van der Waals surface area contributed by atoms with Gasteiger partial charge in [-0.1, -0.05) is 35.3 Å². The van der Waals surface area contributed by atoms with E-state index in [1.807, 2.05) is 41.8 Å². The van der Waals surface area contributed by atoms with E-state index in [0.29, 0.717) is 22.1 Å². The number of hydrogen-bond acceptors (Lipinski definition) is 4. The van der Waals surface area contributed by atoms with Gasteiger partial charge in [-0.2, -0.15) is 0 Å². The molecule has 0 atom stereocenters. The van der Waals surface area contributed by atoms with Gasteiger partial charge in [-0.15, -0.1) is 11.3 Å². The highest BCUT2D eigenvalue weighted by atomic mass is 35.5. The number of nitrogens with one attached hydrogen (secondary N) is 3. The number of carbonyl (C=O) groups is 2. The van der Waals surface area contributed by atoms with Gasteiger partial charge in [0.25, 0.3) is 11.8 Å². The molecule has 0 unspecified atom stereocenters. The molecule has 2 aromatic heterocycles. The van der Waals surface area contributed by atoms with E-state index in [9.17, 15) is 9.59 Å². The highest BCUT2D eigenvalue weighted by molar-refractivity contribution is 7.12. The van der Waals surface area contributed by atoms with Crippen LogP contribution in [0.25, 0.3) is 22.4 Å². The average Bonchev–Trinajstić information content (AvgIpc) is 3.49. The molecule has 6 nitrogen and oxygen atoms in total. The molecular formula is C25H16Cl2N4O2S. The summed E-state index contributed by atoms with van der Waals surface area (Å²) in [5.74, 6) is 0.137. The lowest BCUT2D eigenvalue weighted by molar-refractivity contribution is 0.102. The van der Waals surface area contributed by atoms with E-state index in [1.165, 1.54) is 11.3 Å². The summed E-state index contributed by atoms with van der Waals surface area (Å²) in [4.78, 5) is 33.4. The number of carbonyl (C=O) groups excluding carboxylic acids is 2. The van der Waals surface area contributed by atoms with Crippen LogP contribution in [0.15, 0.2) is 78.2 Å². The number of imidazole rings is 1. The Labute approximate surface area is 208 Å². The number of rotatable bonds is 5. The van der Waals surface area contributed by atoms with Crippen LogP contribution in [-0.4, -0.2) is 21.8 Å². The molecule has 0 fully saturated rings. The van der Waals surface area contributed by atoms with Crippen LogP contribution < -0.4 is 10.6 Å². The largest absolute Gasteiger partial charge is 0.338 e. The number of aromatic nitrogens is 2. The summed E-state index contributed by atoms with van der Waals surface area (Å²) in [7, 11) is 0. The fourth-order valence-corrected chi connectivity index (χ4v) is 4.63. The molecule has 0 saturated carbocycles. The second kappa shape index (κ2) is 9.30. The van der Waals surface area contributed by atoms with Gasteiger partial charge < -0.3 is 15.6 Å². The summed E-state index contributed by atoms with van der Waals surface area (Å²) in [6.45, 7) is 0. The fourth-order valence-electron chi connectivity index (χ4n) is 3.44. The minimum absolute atomic E-state index is 0.148. The molecule has 5 rings (SSSR count). The van der Waals surface area contributed by atoms with Gasteiger partial charge in [0.15, 0.2) is 0 Å². The van der Waals surface area contributed by atoms with Gasteiger partial charge in [0.2, 0.25) is 0 Å². The lowest BCUT2D eigenvalue weighted by Crippen LogP contribution is -2.13. The molecule has 34 heavy (non-hydrogen) atoms. The standard InChI is InChI=1S/C25H16Cl2N4O2S/c26-17-3-1-4-18(27)22(17)25(33)28-15-8-6-14(7-9-15)23-30-19-11-10-16(13-20(19)31-23)29-24(32)21-5-2-12-34-21/h1-13H,(H,28,33)(H,29,32)(H,30,31). The van der Waals surface area contributed by atoms with Crippen molar-refractivity contribution >= 4 is 68.8 Å². The maximum Gasteiger partial charge on any atom is 0.265 e. The van der Waals surface area contributed by atoms with E-state index in [0.717, 1.165) is 16.6 Å². The molecule has 3 aromatic carbocycles. The summed E-state index contributed by atoms with van der Waals surface area (Å²) in [5, 5.41) is 8.14. The quantitative estimate of drug-likeness (QED) is 0.237. The third-order valence-electron chi connectivity index (χ3n) is 5.09. The van der Waals surface area contributed by atoms with Gasteiger partial charge in [-0.05, 0) is 66.0 Å². The van der Waals surface area contributed by atoms with Gasteiger partial charge in [-0.3, -0.25) is 9.59 Å². The topological polar surface area (TPSA) is 86.9 Å². The third kappa shape index (κ3) is 4.54. The Balaban J connectivity index is 1.32. The summed E-state index contributed by atoms with van der Waals surface area (Å²) >= 11 is 13.6. The van der Waals surface area contributed by atoms with Crippen molar-refractivity contribution in [3.8, 4) is 11.4 Å². The predicted octanol–water partition coefficient (Wildman–Crippen LogP) is 7.10. The first kappa shape index (κ1) is 22.2. The Kier molecular flexibility index (Phi) is 6.06.